The van der Waals surface area contributed by atoms with Crippen LogP contribution in [0.15, 0.2) is 48.5 Å². The fourth-order valence-electron chi connectivity index (χ4n) is 1.99. The molecule has 0 aliphatic rings. The van der Waals surface area contributed by atoms with Crippen LogP contribution in [-0.4, -0.2) is 26.4 Å². The zero-order valence-electron chi connectivity index (χ0n) is 12.6. The molecule has 0 bridgehead atoms. The van der Waals surface area contributed by atoms with E-state index >= 15 is 0 Å². The van der Waals surface area contributed by atoms with E-state index in [2.05, 4.69) is 9.46 Å². The van der Waals surface area contributed by atoms with Gasteiger partial charge in [-0.25, -0.2) is 13.2 Å². The lowest BCUT2D eigenvalue weighted by atomic mass is 10.2. The number of nitro benzene ring substituents is 1. The molecular weight excluding hydrogens is 336 g/mol. The molecule has 2 aromatic rings. The number of carbonyl (C=O) groups excluding carboxylic acids is 1. The van der Waals surface area contributed by atoms with Crippen LogP contribution in [0.2, 0.25) is 0 Å². The van der Waals surface area contributed by atoms with E-state index in [1.165, 1.54) is 55.6 Å². The van der Waals surface area contributed by atoms with Gasteiger partial charge in [0.1, 0.15) is 0 Å². The highest BCUT2D eigenvalue weighted by Crippen LogP contribution is 2.17. The average molecular weight is 350 g/mol. The van der Waals surface area contributed by atoms with E-state index in [1.807, 2.05) is 0 Å². The number of methoxy groups -OCH3 is 1. The van der Waals surface area contributed by atoms with Crippen LogP contribution < -0.4 is 4.72 Å². The van der Waals surface area contributed by atoms with Crippen molar-refractivity contribution in [1.82, 2.24) is 0 Å². The first-order chi connectivity index (χ1) is 11.3. The third kappa shape index (κ3) is 4.53. The van der Waals surface area contributed by atoms with Gasteiger partial charge in [-0.15, -0.1) is 0 Å². The van der Waals surface area contributed by atoms with Crippen molar-refractivity contribution in [1.29, 1.82) is 0 Å². The molecule has 8 nitrogen and oxygen atoms in total. The van der Waals surface area contributed by atoms with Crippen molar-refractivity contribution in [3.63, 3.8) is 0 Å². The van der Waals surface area contributed by atoms with Crippen LogP contribution in [0, 0.1) is 10.1 Å². The first-order valence-electron chi connectivity index (χ1n) is 6.73. The van der Waals surface area contributed by atoms with E-state index in [-0.39, 0.29) is 11.4 Å². The molecule has 0 amide bonds. The molecule has 0 aromatic heterocycles. The Hall–Kier alpha value is -2.94. The molecule has 0 fully saturated rings. The van der Waals surface area contributed by atoms with Gasteiger partial charge in [-0.05, 0) is 29.8 Å². The van der Waals surface area contributed by atoms with Crippen molar-refractivity contribution >= 4 is 27.4 Å². The van der Waals surface area contributed by atoms with Gasteiger partial charge in [0.2, 0.25) is 10.0 Å². The molecule has 0 unspecified atom stereocenters. The summed E-state index contributed by atoms with van der Waals surface area (Å²) in [6.07, 6.45) is 0. The van der Waals surface area contributed by atoms with E-state index in [9.17, 15) is 23.3 Å². The molecule has 2 rings (SSSR count). The Morgan fingerprint density at radius 1 is 1.21 bits per heavy atom. The first-order valence-corrected chi connectivity index (χ1v) is 8.38. The van der Waals surface area contributed by atoms with Gasteiger partial charge < -0.3 is 4.74 Å². The summed E-state index contributed by atoms with van der Waals surface area (Å²) in [4.78, 5) is 21.5. The molecule has 0 heterocycles. The average Bonchev–Trinajstić information content (AvgIpc) is 2.54. The molecule has 0 atom stereocenters. The lowest BCUT2D eigenvalue weighted by Gasteiger charge is -2.08. The molecule has 2 aromatic carbocycles. The summed E-state index contributed by atoms with van der Waals surface area (Å²) in [5, 5.41) is 10.7. The minimum Gasteiger partial charge on any atom is -0.465 e. The van der Waals surface area contributed by atoms with Gasteiger partial charge in [-0.3, -0.25) is 14.8 Å². The Morgan fingerprint density at radius 3 is 2.46 bits per heavy atom. The maximum absolute atomic E-state index is 12.2. The summed E-state index contributed by atoms with van der Waals surface area (Å²) < 4.78 is 31.2. The third-order valence-electron chi connectivity index (χ3n) is 3.06. The van der Waals surface area contributed by atoms with Crippen molar-refractivity contribution < 1.29 is 22.9 Å². The largest absolute Gasteiger partial charge is 0.465 e. The number of esters is 1. The van der Waals surface area contributed by atoms with Crippen molar-refractivity contribution in [2.45, 2.75) is 5.75 Å². The van der Waals surface area contributed by atoms with Crippen LogP contribution in [0.3, 0.4) is 0 Å². The minimum absolute atomic E-state index is 0.176. The Labute approximate surface area is 138 Å². The Bertz CT molecular complexity index is 862. The summed E-state index contributed by atoms with van der Waals surface area (Å²) in [7, 11) is -2.51. The molecule has 0 saturated carbocycles. The molecule has 0 spiro atoms. The Kier molecular flexibility index (Phi) is 5.14. The van der Waals surface area contributed by atoms with Gasteiger partial charge in [0.25, 0.3) is 5.69 Å². The summed E-state index contributed by atoms with van der Waals surface area (Å²) >= 11 is 0. The normalized spacial score (nSPS) is 10.9. The van der Waals surface area contributed by atoms with Crippen molar-refractivity contribution in [3.8, 4) is 0 Å². The molecule has 0 aliphatic carbocycles. The number of sulfonamides is 1. The van der Waals surface area contributed by atoms with Gasteiger partial charge >= 0.3 is 5.97 Å². The second kappa shape index (κ2) is 7.09. The smallest absolute Gasteiger partial charge is 0.337 e. The number of non-ortho nitro benzene ring substituents is 1. The Balaban J connectivity index is 2.12. The molecule has 24 heavy (non-hydrogen) atoms. The molecule has 0 aliphatic heterocycles. The number of nitrogens with zero attached hydrogens (tertiary/aromatic N) is 1. The van der Waals surface area contributed by atoms with Gasteiger partial charge in [-0.2, -0.15) is 0 Å². The van der Waals surface area contributed by atoms with E-state index in [0.29, 0.717) is 11.1 Å². The van der Waals surface area contributed by atoms with E-state index in [1.54, 1.807) is 0 Å². The standard InChI is InChI=1S/C15H14N2O6S/c1-23-15(18)12-5-7-13(8-6-12)16-24(21,22)10-11-3-2-4-14(9-11)17(19)20/h2-9,16H,10H2,1H3. The number of anilines is 1. The summed E-state index contributed by atoms with van der Waals surface area (Å²) in [6.45, 7) is 0. The molecular formula is C15H14N2O6S. The van der Waals surface area contributed by atoms with Crippen LogP contribution in [0.5, 0.6) is 0 Å². The zero-order chi connectivity index (χ0) is 17.7. The monoisotopic (exact) mass is 350 g/mol. The van der Waals surface area contributed by atoms with Crippen LogP contribution in [0.1, 0.15) is 15.9 Å². The van der Waals surface area contributed by atoms with Gasteiger partial charge in [-0.1, -0.05) is 12.1 Å². The minimum atomic E-state index is -3.76. The van der Waals surface area contributed by atoms with Crippen LogP contribution in [0.25, 0.3) is 0 Å². The highest BCUT2D eigenvalue weighted by atomic mass is 32.2. The first kappa shape index (κ1) is 17.4. The SMILES string of the molecule is COC(=O)c1ccc(NS(=O)(=O)Cc2cccc([N+](=O)[O-])c2)cc1. The summed E-state index contributed by atoms with van der Waals surface area (Å²) in [5.41, 5.74) is 0.681. The molecule has 126 valence electrons. The van der Waals surface area contributed by atoms with E-state index < -0.39 is 26.7 Å². The predicted molar refractivity (Wildman–Crippen MR) is 87.1 cm³/mol. The van der Waals surface area contributed by atoms with Crippen molar-refractivity contribution in [3.05, 3.63) is 69.8 Å². The van der Waals surface area contributed by atoms with Gasteiger partial charge in [0, 0.05) is 17.8 Å². The Morgan fingerprint density at radius 2 is 1.88 bits per heavy atom. The van der Waals surface area contributed by atoms with E-state index in [0.717, 1.165) is 0 Å². The maximum Gasteiger partial charge on any atom is 0.337 e. The van der Waals surface area contributed by atoms with E-state index in [4.69, 9.17) is 0 Å². The summed E-state index contributed by atoms with van der Waals surface area (Å²) in [5.74, 6) is -0.936. The number of rotatable bonds is 6. The maximum atomic E-state index is 12.2. The number of benzene rings is 2. The topological polar surface area (TPSA) is 116 Å². The van der Waals surface area contributed by atoms with Gasteiger partial charge in [0.15, 0.2) is 0 Å². The number of nitrogens with one attached hydrogen (secondary N) is 1. The lowest BCUT2D eigenvalue weighted by Crippen LogP contribution is -2.15. The number of hydrogen-bond acceptors (Lipinski definition) is 6. The fraction of sp³-hybridized carbons (Fsp3) is 0.133. The van der Waals surface area contributed by atoms with Crippen LogP contribution >= 0.6 is 0 Å². The molecule has 9 heteroatoms. The second-order valence-electron chi connectivity index (χ2n) is 4.86. The van der Waals surface area contributed by atoms with Gasteiger partial charge in [0.05, 0.1) is 23.3 Å². The lowest BCUT2D eigenvalue weighted by molar-refractivity contribution is -0.384. The quantitative estimate of drug-likeness (QED) is 0.485. The van der Waals surface area contributed by atoms with Crippen LogP contribution in [0.4, 0.5) is 11.4 Å². The number of carbonyl (C=O) groups is 1. The predicted octanol–water partition coefficient (Wildman–Crippen LogP) is 2.32. The highest BCUT2D eigenvalue weighted by molar-refractivity contribution is 7.91. The highest BCUT2D eigenvalue weighted by Gasteiger charge is 2.15. The fourth-order valence-corrected chi connectivity index (χ4v) is 3.17. The number of ether oxygens (including phenoxy) is 1. The van der Waals surface area contributed by atoms with Crippen molar-refractivity contribution in [2.24, 2.45) is 0 Å². The summed E-state index contributed by atoms with van der Waals surface area (Å²) in [6, 6.07) is 11.1. The zero-order valence-corrected chi connectivity index (χ0v) is 13.4. The second-order valence-corrected chi connectivity index (χ2v) is 6.58. The number of nitro groups is 1. The molecule has 0 saturated heterocycles. The van der Waals surface area contributed by atoms with Crippen LogP contribution in [-0.2, 0) is 20.5 Å². The number of hydrogen-bond donors (Lipinski definition) is 1. The molecule has 0 radical (unpaired) electrons. The van der Waals surface area contributed by atoms with Crippen molar-refractivity contribution in [2.75, 3.05) is 11.8 Å². The molecule has 1 N–H and O–H groups in total. The third-order valence-corrected chi connectivity index (χ3v) is 4.32.